The number of Topliss-reactive ketones (excluding diaryl/α,β-unsaturated/α-hetero) is 1. The SMILES string of the molecule is Cc1ccc(C)c(C(=O)C(C)OCc2cccc(Cl)c2)c1. The second-order valence-electron chi connectivity index (χ2n) is 5.27. The number of hydrogen-bond donors (Lipinski definition) is 0. The van der Waals surface area contributed by atoms with Gasteiger partial charge in [0.05, 0.1) is 6.61 Å². The number of benzene rings is 2. The number of rotatable bonds is 5. The summed E-state index contributed by atoms with van der Waals surface area (Å²) in [6.07, 6.45) is -0.482. The zero-order valence-electron chi connectivity index (χ0n) is 12.5. The van der Waals surface area contributed by atoms with Gasteiger partial charge in [-0.1, -0.05) is 41.4 Å². The van der Waals surface area contributed by atoms with Crippen LogP contribution in [-0.4, -0.2) is 11.9 Å². The molecule has 2 rings (SSSR count). The molecule has 2 aromatic rings. The van der Waals surface area contributed by atoms with Gasteiger partial charge < -0.3 is 4.74 Å². The van der Waals surface area contributed by atoms with Crippen LogP contribution in [0.4, 0.5) is 0 Å². The van der Waals surface area contributed by atoms with Crippen molar-refractivity contribution in [1.29, 1.82) is 0 Å². The first-order valence-corrected chi connectivity index (χ1v) is 7.32. The highest BCUT2D eigenvalue weighted by Crippen LogP contribution is 2.16. The van der Waals surface area contributed by atoms with E-state index in [0.29, 0.717) is 11.6 Å². The van der Waals surface area contributed by atoms with Crippen LogP contribution in [0.25, 0.3) is 0 Å². The fourth-order valence-corrected chi connectivity index (χ4v) is 2.36. The van der Waals surface area contributed by atoms with Crippen LogP contribution in [0.2, 0.25) is 5.02 Å². The standard InChI is InChI=1S/C18H19ClO2/c1-12-7-8-13(2)17(9-12)18(20)14(3)21-11-15-5-4-6-16(19)10-15/h4-10,14H,11H2,1-3H3. The minimum absolute atomic E-state index is 0.0122. The van der Waals surface area contributed by atoms with Gasteiger partial charge in [0.2, 0.25) is 0 Å². The molecular weight excluding hydrogens is 284 g/mol. The Balaban J connectivity index is 2.04. The number of carbonyl (C=O) groups excluding carboxylic acids is 1. The van der Waals surface area contributed by atoms with Gasteiger partial charge in [0, 0.05) is 10.6 Å². The smallest absolute Gasteiger partial charge is 0.191 e. The van der Waals surface area contributed by atoms with Crippen LogP contribution in [0.1, 0.15) is 34.0 Å². The van der Waals surface area contributed by atoms with Gasteiger partial charge in [-0.25, -0.2) is 0 Å². The predicted molar refractivity (Wildman–Crippen MR) is 85.9 cm³/mol. The summed E-state index contributed by atoms with van der Waals surface area (Å²) in [5.74, 6) is 0.0122. The van der Waals surface area contributed by atoms with E-state index in [0.717, 1.165) is 22.3 Å². The lowest BCUT2D eigenvalue weighted by atomic mass is 9.99. The zero-order chi connectivity index (χ0) is 15.4. The van der Waals surface area contributed by atoms with E-state index in [1.165, 1.54) is 0 Å². The van der Waals surface area contributed by atoms with Crippen LogP contribution in [0.3, 0.4) is 0 Å². The summed E-state index contributed by atoms with van der Waals surface area (Å²) in [4.78, 5) is 12.5. The van der Waals surface area contributed by atoms with Crippen LogP contribution in [0.15, 0.2) is 42.5 Å². The van der Waals surface area contributed by atoms with Gasteiger partial charge in [0.25, 0.3) is 0 Å². The second kappa shape index (κ2) is 6.88. The predicted octanol–water partition coefficient (Wildman–Crippen LogP) is 4.74. The summed E-state index contributed by atoms with van der Waals surface area (Å²) >= 11 is 5.93. The molecule has 0 aliphatic rings. The highest BCUT2D eigenvalue weighted by atomic mass is 35.5. The average Bonchev–Trinajstić information content (AvgIpc) is 2.46. The molecule has 0 bridgehead atoms. The lowest BCUT2D eigenvalue weighted by Gasteiger charge is -2.14. The largest absolute Gasteiger partial charge is 0.366 e. The molecule has 1 atom stereocenters. The van der Waals surface area contributed by atoms with E-state index in [-0.39, 0.29) is 5.78 Å². The lowest BCUT2D eigenvalue weighted by Crippen LogP contribution is -2.21. The minimum Gasteiger partial charge on any atom is -0.366 e. The van der Waals surface area contributed by atoms with Gasteiger partial charge in [0.15, 0.2) is 5.78 Å². The first-order chi connectivity index (χ1) is 9.97. The number of halogens is 1. The number of aryl methyl sites for hydroxylation is 2. The minimum atomic E-state index is -0.482. The monoisotopic (exact) mass is 302 g/mol. The van der Waals surface area contributed by atoms with Gasteiger partial charge in [-0.05, 0) is 50.1 Å². The molecule has 0 fully saturated rings. The van der Waals surface area contributed by atoms with E-state index in [2.05, 4.69) is 0 Å². The Morgan fingerprint density at radius 1 is 1.19 bits per heavy atom. The van der Waals surface area contributed by atoms with Gasteiger partial charge in [-0.15, -0.1) is 0 Å². The molecule has 0 aromatic heterocycles. The van der Waals surface area contributed by atoms with E-state index >= 15 is 0 Å². The summed E-state index contributed by atoms with van der Waals surface area (Å²) in [6, 6.07) is 13.3. The molecule has 0 amide bonds. The topological polar surface area (TPSA) is 26.3 Å². The molecule has 0 spiro atoms. The number of ether oxygens (including phenoxy) is 1. The molecule has 2 aromatic carbocycles. The normalized spacial score (nSPS) is 12.2. The molecule has 0 radical (unpaired) electrons. The molecule has 1 unspecified atom stereocenters. The van der Waals surface area contributed by atoms with Gasteiger partial charge >= 0.3 is 0 Å². The van der Waals surface area contributed by atoms with Crippen molar-refractivity contribution in [3.05, 3.63) is 69.7 Å². The van der Waals surface area contributed by atoms with E-state index in [4.69, 9.17) is 16.3 Å². The fraction of sp³-hybridized carbons (Fsp3) is 0.278. The van der Waals surface area contributed by atoms with Crippen LogP contribution in [-0.2, 0) is 11.3 Å². The zero-order valence-corrected chi connectivity index (χ0v) is 13.3. The molecule has 110 valence electrons. The second-order valence-corrected chi connectivity index (χ2v) is 5.70. The third-order valence-corrected chi connectivity index (χ3v) is 3.65. The van der Waals surface area contributed by atoms with Crippen LogP contribution in [0, 0.1) is 13.8 Å². The van der Waals surface area contributed by atoms with Crippen LogP contribution >= 0.6 is 11.6 Å². The Morgan fingerprint density at radius 3 is 2.67 bits per heavy atom. The summed E-state index contributed by atoms with van der Waals surface area (Å²) in [5.41, 5.74) is 3.74. The molecule has 0 heterocycles. The van der Waals surface area contributed by atoms with Crippen LogP contribution < -0.4 is 0 Å². The maximum absolute atomic E-state index is 12.5. The summed E-state index contributed by atoms with van der Waals surface area (Å²) in [7, 11) is 0. The van der Waals surface area contributed by atoms with E-state index in [1.54, 1.807) is 6.92 Å². The molecule has 3 heteroatoms. The Hall–Kier alpha value is -1.64. The summed E-state index contributed by atoms with van der Waals surface area (Å²) in [5, 5.41) is 0.671. The van der Waals surface area contributed by atoms with Crippen molar-refractivity contribution in [3.63, 3.8) is 0 Å². The molecule has 0 aliphatic heterocycles. The first kappa shape index (κ1) is 15.7. The molecular formula is C18H19ClO2. The third kappa shape index (κ3) is 4.16. The van der Waals surface area contributed by atoms with Crippen molar-refractivity contribution in [2.75, 3.05) is 0 Å². The average molecular weight is 303 g/mol. The molecule has 2 nitrogen and oxygen atoms in total. The third-order valence-electron chi connectivity index (χ3n) is 3.42. The highest BCUT2D eigenvalue weighted by Gasteiger charge is 2.17. The Labute approximate surface area is 130 Å². The molecule has 0 N–H and O–H groups in total. The van der Waals surface area contributed by atoms with Crippen molar-refractivity contribution in [2.45, 2.75) is 33.5 Å². The maximum Gasteiger partial charge on any atom is 0.191 e. The Bertz CT molecular complexity index is 649. The molecule has 21 heavy (non-hydrogen) atoms. The van der Waals surface area contributed by atoms with Gasteiger partial charge in [0.1, 0.15) is 6.10 Å². The van der Waals surface area contributed by atoms with E-state index in [9.17, 15) is 4.79 Å². The Kier molecular flexibility index (Phi) is 5.16. The molecule has 0 saturated heterocycles. The lowest BCUT2D eigenvalue weighted by molar-refractivity contribution is 0.0411. The maximum atomic E-state index is 12.5. The van der Waals surface area contributed by atoms with Crippen molar-refractivity contribution < 1.29 is 9.53 Å². The van der Waals surface area contributed by atoms with Crippen molar-refractivity contribution in [1.82, 2.24) is 0 Å². The number of hydrogen-bond acceptors (Lipinski definition) is 2. The summed E-state index contributed by atoms with van der Waals surface area (Å²) in [6.45, 7) is 6.08. The number of carbonyl (C=O) groups is 1. The molecule has 0 aliphatic carbocycles. The number of ketones is 1. The first-order valence-electron chi connectivity index (χ1n) is 6.95. The fourth-order valence-electron chi connectivity index (χ4n) is 2.14. The van der Waals surface area contributed by atoms with Crippen LogP contribution in [0.5, 0.6) is 0 Å². The van der Waals surface area contributed by atoms with Crippen molar-refractivity contribution in [2.24, 2.45) is 0 Å². The van der Waals surface area contributed by atoms with E-state index < -0.39 is 6.10 Å². The highest BCUT2D eigenvalue weighted by molar-refractivity contribution is 6.30. The van der Waals surface area contributed by atoms with Gasteiger partial charge in [-0.3, -0.25) is 4.79 Å². The Morgan fingerprint density at radius 2 is 1.95 bits per heavy atom. The van der Waals surface area contributed by atoms with E-state index in [1.807, 2.05) is 56.3 Å². The molecule has 0 saturated carbocycles. The van der Waals surface area contributed by atoms with Crippen molar-refractivity contribution in [3.8, 4) is 0 Å². The summed E-state index contributed by atoms with van der Waals surface area (Å²) < 4.78 is 5.69. The quantitative estimate of drug-likeness (QED) is 0.745. The van der Waals surface area contributed by atoms with Gasteiger partial charge in [-0.2, -0.15) is 0 Å². The van der Waals surface area contributed by atoms with Crippen molar-refractivity contribution >= 4 is 17.4 Å².